The number of hydrogen-bond donors (Lipinski definition) is 2. The number of hydrogen-bond acceptors (Lipinski definition) is 4. The van der Waals surface area contributed by atoms with Gasteiger partial charge >= 0.3 is 0 Å². The predicted molar refractivity (Wildman–Crippen MR) is 59.0 cm³/mol. The summed E-state index contributed by atoms with van der Waals surface area (Å²) >= 11 is 6.02. The van der Waals surface area contributed by atoms with Crippen molar-refractivity contribution in [3.05, 3.63) is 22.7 Å². The Bertz CT molecular complexity index is 450. The zero-order valence-electron chi connectivity index (χ0n) is 8.61. The highest BCUT2D eigenvalue weighted by molar-refractivity contribution is 6.32. The van der Waals surface area contributed by atoms with E-state index in [1.807, 2.05) is 0 Å². The Morgan fingerprint density at radius 2 is 2.31 bits per heavy atom. The molecule has 0 spiro atoms. The predicted octanol–water partition coefficient (Wildman–Crippen LogP) is 0.954. The number of ether oxygens (including phenoxy) is 1. The van der Waals surface area contributed by atoms with Crippen LogP contribution in [0.25, 0.3) is 0 Å². The third-order valence-electron chi connectivity index (χ3n) is 2.56. The Morgan fingerprint density at radius 1 is 1.62 bits per heavy atom. The number of amides is 1. The topological polar surface area (TPSA) is 75.8 Å². The van der Waals surface area contributed by atoms with Crippen molar-refractivity contribution in [2.24, 2.45) is 5.73 Å². The zero-order chi connectivity index (χ0) is 11.9. The fraction of sp³-hybridized carbons (Fsp3) is 0.300. The highest BCUT2D eigenvalue weighted by Gasteiger charge is 2.31. The molecule has 0 unspecified atom stereocenters. The van der Waals surface area contributed by atoms with E-state index >= 15 is 0 Å². The lowest BCUT2D eigenvalue weighted by Gasteiger charge is -2.28. The third kappa shape index (κ3) is 1.63. The summed E-state index contributed by atoms with van der Waals surface area (Å²) in [6.07, 6.45) is 0.314. The van der Waals surface area contributed by atoms with Crippen LogP contribution in [0.5, 0.6) is 5.75 Å². The molecular weight excluding hydrogens is 232 g/mol. The second-order valence-corrected chi connectivity index (χ2v) is 3.97. The van der Waals surface area contributed by atoms with Crippen molar-refractivity contribution in [1.29, 1.82) is 0 Å². The fourth-order valence-electron chi connectivity index (χ4n) is 1.69. The van der Waals surface area contributed by atoms with Gasteiger partial charge in [-0.1, -0.05) is 11.6 Å². The molecule has 1 aromatic carbocycles. The van der Waals surface area contributed by atoms with Gasteiger partial charge in [0.05, 0.1) is 18.8 Å². The van der Waals surface area contributed by atoms with Gasteiger partial charge in [0.2, 0.25) is 0 Å². The van der Waals surface area contributed by atoms with Crippen LogP contribution in [-0.4, -0.2) is 24.3 Å². The molecule has 0 fully saturated rings. The number of nitrogens with zero attached hydrogens (tertiary/aromatic N) is 1. The van der Waals surface area contributed by atoms with E-state index in [1.54, 1.807) is 12.1 Å². The minimum atomic E-state index is -0.761. The maximum Gasteiger partial charge on any atom is 0.267 e. The molecule has 16 heavy (non-hydrogen) atoms. The van der Waals surface area contributed by atoms with Gasteiger partial charge in [-0.15, -0.1) is 0 Å². The van der Waals surface area contributed by atoms with Crippen molar-refractivity contribution in [3.8, 4) is 5.75 Å². The van der Waals surface area contributed by atoms with Gasteiger partial charge in [-0.05, 0) is 11.6 Å². The number of fused-ring (bicyclic) bond motifs is 1. The summed E-state index contributed by atoms with van der Waals surface area (Å²) in [5, 5.41) is 10.6. The zero-order valence-corrected chi connectivity index (χ0v) is 9.36. The fourth-order valence-corrected chi connectivity index (χ4v) is 1.97. The molecule has 0 radical (unpaired) electrons. The van der Waals surface area contributed by atoms with E-state index in [4.69, 9.17) is 22.1 Å². The lowest BCUT2D eigenvalue weighted by Crippen LogP contribution is -2.47. The van der Waals surface area contributed by atoms with Crippen LogP contribution in [0.2, 0.25) is 5.02 Å². The van der Waals surface area contributed by atoms with Crippen LogP contribution in [0, 0.1) is 0 Å². The molecule has 1 amide bonds. The normalized spacial score (nSPS) is 19.6. The summed E-state index contributed by atoms with van der Waals surface area (Å²) in [4.78, 5) is 11.5. The monoisotopic (exact) mass is 242 g/mol. The lowest BCUT2D eigenvalue weighted by molar-refractivity contribution is -0.125. The van der Waals surface area contributed by atoms with Crippen LogP contribution >= 0.6 is 11.6 Å². The molecule has 0 saturated heterocycles. The van der Waals surface area contributed by atoms with Crippen molar-refractivity contribution in [2.75, 3.05) is 12.2 Å². The molecule has 0 aromatic heterocycles. The van der Waals surface area contributed by atoms with E-state index in [1.165, 1.54) is 7.11 Å². The maximum atomic E-state index is 11.5. The van der Waals surface area contributed by atoms with Gasteiger partial charge in [0.15, 0.2) is 0 Å². The van der Waals surface area contributed by atoms with E-state index in [0.717, 1.165) is 0 Å². The minimum Gasteiger partial charge on any atom is -0.497 e. The molecule has 6 heteroatoms. The average molecular weight is 243 g/mol. The molecule has 1 heterocycles. The van der Waals surface area contributed by atoms with Crippen molar-refractivity contribution < 1.29 is 14.7 Å². The van der Waals surface area contributed by atoms with Crippen LogP contribution < -0.4 is 15.5 Å². The number of methoxy groups -OCH3 is 1. The van der Waals surface area contributed by atoms with Gasteiger partial charge in [-0.3, -0.25) is 10.0 Å². The largest absolute Gasteiger partial charge is 0.497 e. The van der Waals surface area contributed by atoms with E-state index in [-0.39, 0.29) is 0 Å². The maximum absolute atomic E-state index is 11.5. The van der Waals surface area contributed by atoms with Gasteiger partial charge in [-0.2, -0.15) is 5.06 Å². The summed E-state index contributed by atoms with van der Waals surface area (Å²) in [7, 11) is 1.48. The van der Waals surface area contributed by atoms with Gasteiger partial charge in [0, 0.05) is 17.5 Å². The Kier molecular flexibility index (Phi) is 2.75. The smallest absolute Gasteiger partial charge is 0.267 e. The first-order valence-corrected chi connectivity index (χ1v) is 5.07. The van der Waals surface area contributed by atoms with Crippen LogP contribution in [0.1, 0.15) is 5.56 Å². The molecule has 3 N–H and O–H groups in total. The molecule has 1 aromatic rings. The summed E-state index contributed by atoms with van der Waals surface area (Å²) in [5.41, 5.74) is 6.56. The van der Waals surface area contributed by atoms with E-state index in [0.29, 0.717) is 33.5 Å². The van der Waals surface area contributed by atoms with Gasteiger partial charge < -0.3 is 10.5 Å². The van der Waals surface area contributed by atoms with Crippen LogP contribution in [0.4, 0.5) is 5.69 Å². The molecule has 1 aliphatic rings. The highest BCUT2D eigenvalue weighted by atomic mass is 35.5. The molecule has 1 aliphatic heterocycles. The first-order valence-electron chi connectivity index (χ1n) is 4.69. The van der Waals surface area contributed by atoms with Crippen molar-refractivity contribution in [2.45, 2.75) is 12.5 Å². The number of halogens is 1. The summed E-state index contributed by atoms with van der Waals surface area (Å²) < 4.78 is 5.01. The number of rotatable bonds is 1. The molecule has 1 atom stereocenters. The summed E-state index contributed by atoms with van der Waals surface area (Å²) in [6, 6.07) is 2.41. The number of nitrogens with two attached hydrogens (primary N) is 1. The van der Waals surface area contributed by atoms with E-state index < -0.39 is 11.9 Å². The third-order valence-corrected chi connectivity index (χ3v) is 2.90. The molecule has 86 valence electrons. The second kappa shape index (κ2) is 3.93. The first-order chi connectivity index (χ1) is 7.54. The number of carbonyl (C=O) groups excluding carboxylic acids is 1. The molecular formula is C10H11ClN2O3. The molecule has 2 rings (SSSR count). The van der Waals surface area contributed by atoms with Crippen LogP contribution in [0.15, 0.2) is 12.1 Å². The van der Waals surface area contributed by atoms with Crippen LogP contribution in [-0.2, 0) is 11.2 Å². The second-order valence-electron chi connectivity index (χ2n) is 3.57. The molecule has 5 nitrogen and oxygen atoms in total. The Hall–Kier alpha value is -1.30. The summed E-state index contributed by atoms with van der Waals surface area (Å²) in [5.74, 6) is -0.0668. The highest BCUT2D eigenvalue weighted by Crippen LogP contribution is 2.35. The SMILES string of the molecule is COc1cc(Cl)c2c(c1)N(O)C(=O)[C@@H](N)C2. The van der Waals surface area contributed by atoms with Crippen LogP contribution in [0.3, 0.4) is 0 Å². The Labute approximate surface area is 97.3 Å². The van der Waals surface area contributed by atoms with Crippen molar-refractivity contribution in [3.63, 3.8) is 0 Å². The molecule has 0 aliphatic carbocycles. The van der Waals surface area contributed by atoms with Gasteiger partial charge in [0.1, 0.15) is 5.75 Å². The number of anilines is 1. The Morgan fingerprint density at radius 3 is 2.94 bits per heavy atom. The molecule has 0 bridgehead atoms. The number of hydroxylamine groups is 1. The van der Waals surface area contributed by atoms with E-state index in [9.17, 15) is 10.0 Å². The Balaban J connectivity index is 2.56. The standard InChI is InChI=1S/C10H11ClN2O3/c1-16-5-2-7(11)6-4-8(12)10(14)13(15)9(6)3-5/h2-3,8,15H,4,12H2,1H3/t8-/m0/s1. The first kappa shape index (κ1) is 11.2. The minimum absolute atomic E-state index is 0.314. The van der Waals surface area contributed by atoms with Crippen molar-refractivity contribution in [1.82, 2.24) is 0 Å². The number of benzene rings is 1. The summed E-state index contributed by atoms with van der Waals surface area (Å²) in [6.45, 7) is 0. The quantitative estimate of drug-likeness (QED) is 0.719. The number of carbonyl (C=O) groups is 1. The average Bonchev–Trinajstić information content (AvgIpc) is 2.27. The van der Waals surface area contributed by atoms with Gasteiger partial charge in [0.25, 0.3) is 5.91 Å². The molecule has 0 saturated carbocycles. The lowest BCUT2D eigenvalue weighted by atomic mass is 9.99. The van der Waals surface area contributed by atoms with Gasteiger partial charge in [-0.25, -0.2) is 0 Å². The van der Waals surface area contributed by atoms with E-state index in [2.05, 4.69) is 0 Å². The van der Waals surface area contributed by atoms with Crippen molar-refractivity contribution >= 4 is 23.2 Å².